The number of nitrogens with zero attached hydrogens (tertiary/aromatic N) is 1. The molecule has 0 saturated carbocycles. The number of hydrogen-bond donors (Lipinski definition) is 0. The fourth-order valence-electron chi connectivity index (χ4n) is 3.31. The summed E-state index contributed by atoms with van der Waals surface area (Å²) in [5.74, 6) is 2.24. The second-order valence-corrected chi connectivity index (χ2v) is 9.57. The van der Waals surface area contributed by atoms with E-state index in [0.717, 1.165) is 47.1 Å². The van der Waals surface area contributed by atoms with E-state index < -0.39 is 0 Å². The first-order chi connectivity index (χ1) is 13.7. The van der Waals surface area contributed by atoms with Crippen LogP contribution in [0.15, 0.2) is 34.1 Å². The summed E-state index contributed by atoms with van der Waals surface area (Å²) in [5.41, 5.74) is 0. The Labute approximate surface area is 180 Å². The van der Waals surface area contributed by atoms with E-state index in [0.29, 0.717) is 0 Å². The normalized spacial score (nSPS) is 13.9. The molecule has 0 saturated heterocycles. The molecular weight excluding hydrogens is 438 g/mol. The molecule has 2 heterocycles. The molecule has 0 aliphatic carbocycles. The van der Waals surface area contributed by atoms with Crippen molar-refractivity contribution in [1.82, 2.24) is 4.90 Å². The van der Waals surface area contributed by atoms with Crippen LogP contribution in [0, 0.1) is 0 Å². The lowest BCUT2D eigenvalue weighted by atomic mass is 10.1. The third-order valence-corrected chi connectivity index (χ3v) is 6.62. The third kappa shape index (κ3) is 5.88. The van der Waals surface area contributed by atoms with Crippen LogP contribution >= 0.6 is 27.3 Å². The van der Waals surface area contributed by atoms with Crippen LogP contribution in [-0.2, 0) is 0 Å². The van der Waals surface area contributed by atoms with Crippen molar-refractivity contribution in [3.8, 4) is 17.2 Å². The molecule has 28 heavy (non-hydrogen) atoms. The highest BCUT2D eigenvalue weighted by atomic mass is 79.9. The molecule has 0 amide bonds. The lowest BCUT2D eigenvalue weighted by Crippen LogP contribution is -2.29. The average Bonchev–Trinajstić information content (AvgIpc) is 3.35. The van der Waals surface area contributed by atoms with Gasteiger partial charge in [-0.2, -0.15) is 0 Å². The molecule has 1 atom stereocenters. The average molecular weight is 468 g/mol. The Morgan fingerprint density at radius 1 is 1.07 bits per heavy atom. The summed E-state index contributed by atoms with van der Waals surface area (Å²) in [6, 6.07) is 10.1. The van der Waals surface area contributed by atoms with Gasteiger partial charge < -0.3 is 19.1 Å². The molecule has 0 bridgehead atoms. The Morgan fingerprint density at radius 3 is 2.54 bits per heavy atom. The van der Waals surface area contributed by atoms with Crippen LogP contribution in [0.2, 0.25) is 0 Å². The van der Waals surface area contributed by atoms with Gasteiger partial charge in [-0.05, 0) is 66.1 Å². The van der Waals surface area contributed by atoms with Crippen molar-refractivity contribution in [3.63, 3.8) is 0 Å². The van der Waals surface area contributed by atoms with E-state index in [4.69, 9.17) is 14.2 Å². The minimum Gasteiger partial charge on any atom is -0.481 e. The highest BCUT2D eigenvalue weighted by molar-refractivity contribution is 9.11. The summed E-state index contributed by atoms with van der Waals surface area (Å²) in [7, 11) is 0. The van der Waals surface area contributed by atoms with Crippen LogP contribution in [0.5, 0.6) is 17.2 Å². The summed E-state index contributed by atoms with van der Waals surface area (Å²) in [6.45, 7) is 8.12. The quantitative estimate of drug-likeness (QED) is 0.349. The van der Waals surface area contributed by atoms with Crippen molar-refractivity contribution in [2.75, 3.05) is 26.4 Å². The van der Waals surface area contributed by atoms with Crippen LogP contribution in [0.4, 0.5) is 0 Å². The van der Waals surface area contributed by atoms with Crippen LogP contribution in [0.1, 0.15) is 56.9 Å². The molecule has 1 aromatic carbocycles. The van der Waals surface area contributed by atoms with Gasteiger partial charge in [0.25, 0.3) is 0 Å². The molecule has 4 nitrogen and oxygen atoms in total. The number of unbranched alkanes of at least 4 members (excludes halogenated alkanes) is 2. The van der Waals surface area contributed by atoms with Crippen molar-refractivity contribution < 1.29 is 14.2 Å². The molecular formula is C22H30BrNO3S. The van der Waals surface area contributed by atoms with E-state index in [9.17, 15) is 0 Å². The molecule has 0 radical (unpaired) electrons. The number of halogens is 1. The minimum absolute atomic E-state index is 0.00208. The Hall–Kier alpha value is -1.24. The molecule has 1 aromatic heterocycles. The van der Waals surface area contributed by atoms with Gasteiger partial charge in [-0.25, -0.2) is 0 Å². The zero-order valence-electron chi connectivity index (χ0n) is 16.8. The summed E-state index contributed by atoms with van der Waals surface area (Å²) >= 11 is 5.33. The van der Waals surface area contributed by atoms with Crippen molar-refractivity contribution in [2.24, 2.45) is 0 Å². The first-order valence-corrected chi connectivity index (χ1v) is 11.8. The number of rotatable bonds is 12. The molecule has 0 unspecified atom stereocenters. The molecule has 0 fully saturated rings. The standard InChI is InChI=1S/C22H30BrNO3S/c1-3-5-13-24(14-6-4-2)15-12-17(20-10-11-21(23)28-20)27-19-9-7-8-18-22(19)26-16-25-18/h7-11,17H,3-6,12-16H2,1-2H3/t17-/m0/s1. The van der Waals surface area contributed by atoms with Gasteiger partial charge in [0.1, 0.15) is 6.10 Å². The molecule has 3 rings (SSSR count). The zero-order valence-corrected chi connectivity index (χ0v) is 19.2. The van der Waals surface area contributed by atoms with E-state index in [1.54, 1.807) is 11.3 Å². The SMILES string of the molecule is CCCCN(CCCC)CC[C@H](Oc1cccc2c1OCO2)c1ccc(Br)s1. The molecule has 1 aliphatic rings. The van der Waals surface area contributed by atoms with Crippen molar-refractivity contribution in [3.05, 3.63) is 39.0 Å². The Kier molecular flexibility index (Phi) is 8.49. The monoisotopic (exact) mass is 467 g/mol. The summed E-state index contributed by atoms with van der Waals surface area (Å²) < 4.78 is 18.7. The Morgan fingerprint density at radius 2 is 1.86 bits per heavy atom. The summed E-state index contributed by atoms with van der Waals surface area (Å²) in [6.07, 6.45) is 5.90. The lowest BCUT2D eigenvalue weighted by molar-refractivity contribution is 0.148. The zero-order chi connectivity index (χ0) is 19.8. The number of benzene rings is 1. The van der Waals surface area contributed by atoms with Crippen LogP contribution < -0.4 is 14.2 Å². The first kappa shape index (κ1) is 21.5. The van der Waals surface area contributed by atoms with Crippen molar-refractivity contribution in [2.45, 2.75) is 52.1 Å². The fraction of sp³-hybridized carbons (Fsp3) is 0.545. The maximum absolute atomic E-state index is 6.47. The maximum atomic E-state index is 6.47. The first-order valence-electron chi connectivity index (χ1n) is 10.2. The molecule has 6 heteroatoms. The largest absolute Gasteiger partial charge is 0.481 e. The van der Waals surface area contributed by atoms with E-state index in [2.05, 4.69) is 46.8 Å². The molecule has 1 aliphatic heterocycles. The van der Waals surface area contributed by atoms with Gasteiger partial charge in [0, 0.05) is 17.8 Å². The van der Waals surface area contributed by atoms with E-state index in [-0.39, 0.29) is 12.9 Å². The number of fused-ring (bicyclic) bond motifs is 1. The topological polar surface area (TPSA) is 30.9 Å². The van der Waals surface area contributed by atoms with Crippen LogP contribution in [-0.4, -0.2) is 31.3 Å². The van der Waals surface area contributed by atoms with Gasteiger partial charge in [0.05, 0.1) is 3.79 Å². The van der Waals surface area contributed by atoms with Gasteiger partial charge in [-0.15, -0.1) is 11.3 Å². The predicted molar refractivity (Wildman–Crippen MR) is 119 cm³/mol. The van der Waals surface area contributed by atoms with Crippen LogP contribution in [0.3, 0.4) is 0 Å². The highest BCUT2D eigenvalue weighted by Crippen LogP contribution is 2.43. The number of hydrogen-bond acceptors (Lipinski definition) is 5. The van der Waals surface area contributed by atoms with Gasteiger partial charge >= 0.3 is 0 Å². The Balaban J connectivity index is 1.71. The molecule has 0 N–H and O–H groups in total. The minimum atomic E-state index is -0.00208. The van der Waals surface area contributed by atoms with Crippen molar-refractivity contribution in [1.29, 1.82) is 0 Å². The maximum Gasteiger partial charge on any atom is 0.231 e. The fourth-order valence-corrected chi connectivity index (χ4v) is 4.80. The van der Waals surface area contributed by atoms with Crippen molar-refractivity contribution >= 4 is 27.3 Å². The van der Waals surface area contributed by atoms with E-state index in [1.165, 1.54) is 30.6 Å². The van der Waals surface area contributed by atoms with Gasteiger partial charge in [0.2, 0.25) is 12.5 Å². The summed E-state index contributed by atoms with van der Waals surface area (Å²) in [4.78, 5) is 3.82. The lowest BCUT2D eigenvalue weighted by Gasteiger charge is -2.25. The smallest absolute Gasteiger partial charge is 0.231 e. The molecule has 2 aromatic rings. The Bertz CT molecular complexity index is 728. The number of para-hydroxylation sites is 1. The number of ether oxygens (including phenoxy) is 3. The van der Waals surface area contributed by atoms with E-state index in [1.807, 2.05) is 18.2 Å². The van der Waals surface area contributed by atoms with Gasteiger partial charge in [-0.1, -0.05) is 32.8 Å². The third-order valence-electron chi connectivity index (χ3n) is 4.90. The summed E-state index contributed by atoms with van der Waals surface area (Å²) in [5, 5.41) is 0. The van der Waals surface area contributed by atoms with E-state index >= 15 is 0 Å². The predicted octanol–water partition coefficient (Wildman–Crippen LogP) is 6.65. The molecule has 0 spiro atoms. The second kappa shape index (κ2) is 11.1. The highest BCUT2D eigenvalue weighted by Gasteiger charge is 2.23. The van der Waals surface area contributed by atoms with Gasteiger partial charge in [-0.3, -0.25) is 0 Å². The number of thiophene rings is 1. The van der Waals surface area contributed by atoms with Gasteiger partial charge in [0.15, 0.2) is 11.5 Å². The van der Waals surface area contributed by atoms with Crippen LogP contribution in [0.25, 0.3) is 0 Å². The second-order valence-electron chi connectivity index (χ2n) is 7.08. The molecule has 154 valence electrons.